The van der Waals surface area contributed by atoms with E-state index in [1.165, 1.54) is 18.7 Å². The molecule has 1 amide bonds. The molecular weight excluding hydrogens is 362 g/mol. The number of carbonyl (C=O) groups excluding carboxylic acids is 2. The minimum absolute atomic E-state index is 0.00237. The highest BCUT2D eigenvalue weighted by molar-refractivity contribution is 8.00. The van der Waals surface area contributed by atoms with Gasteiger partial charge in [0.1, 0.15) is 0 Å². The van der Waals surface area contributed by atoms with E-state index in [4.69, 9.17) is 0 Å². The van der Waals surface area contributed by atoms with Gasteiger partial charge in [-0.25, -0.2) is 0 Å². The van der Waals surface area contributed by atoms with E-state index in [-0.39, 0.29) is 16.9 Å². The molecule has 4 rings (SSSR count). The SMILES string of the molecule is CC(=O)c1ccc(-n2nnnc2SC2CCc3ccccc3NC2=O)cc1. The summed E-state index contributed by atoms with van der Waals surface area (Å²) in [6.45, 7) is 1.52. The van der Waals surface area contributed by atoms with Crippen LogP contribution in [-0.4, -0.2) is 37.1 Å². The van der Waals surface area contributed by atoms with E-state index < -0.39 is 0 Å². The van der Waals surface area contributed by atoms with Crippen molar-refractivity contribution >= 4 is 29.1 Å². The molecule has 0 fully saturated rings. The molecule has 0 radical (unpaired) electrons. The lowest BCUT2D eigenvalue weighted by Crippen LogP contribution is -2.24. The Morgan fingerprint density at radius 1 is 1.19 bits per heavy atom. The maximum Gasteiger partial charge on any atom is 0.237 e. The van der Waals surface area contributed by atoms with Gasteiger partial charge in [-0.2, -0.15) is 4.68 Å². The Kier molecular flexibility index (Phi) is 4.72. The van der Waals surface area contributed by atoms with Crippen molar-refractivity contribution in [2.75, 3.05) is 5.32 Å². The van der Waals surface area contributed by atoms with Gasteiger partial charge in [-0.3, -0.25) is 9.59 Å². The molecule has 1 atom stereocenters. The molecule has 1 aromatic heterocycles. The van der Waals surface area contributed by atoms with E-state index in [0.29, 0.717) is 17.1 Å². The van der Waals surface area contributed by atoms with Crippen molar-refractivity contribution in [3.63, 3.8) is 0 Å². The maximum absolute atomic E-state index is 12.6. The van der Waals surface area contributed by atoms with Crippen LogP contribution in [0.1, 0.15) is 29.3 Å². The molecule has 7 nitrogen and oxygen atoms in total. The molecule has 1 N–H and O–H groups in total. The van der Waals surface area contributed by atoms with Gasteiger partial charge in [0, 0.05) is 11.3 Å². The van der Waals surface area contributed by atoms with Gasteiger partial charge in [0.05, 0.1) is 10.9 Å². The molecule has 3 aromatic rings. The number of nitrogens with zero attached hydrogens (tertiary/aromatic N) is 4. The first-order valence-corrected chi connectivity index (χ1v) is 9.45. The molecule has 0 saturated carbocycles. The van der Waals surface area contributed by atoms with Crippen LogP contribution in [0.3, 0.4) is 0 Å². The lowest BCUT2D eigenvalue weighted by atomic mass is 10.1. The van der Waals surface area contributed by atoms with E-state index >= 15 is 0 Å². The van der Waals surface area contributed by atoms with Crippen molar-refractivity contribution in [2.24, 2.45) is 0 Å². The first-order chi connectivity index (χ1) is 13.1. The molecule has 2 heterocycles. The van der Waals surface area contributed by atoms with Crippen LogP contribution < -0.4 is 5.32 Å². The number of aromatic nitrogens is 4. The topological polar surface area (TPSA) is 89.8 Å². The first kappa shape index (κ1) is 17.4. The summed E-state index contributed by atoms with van der Waals surface area (Å²) in [5.74, 6) is -0.0472. The number of hydrogen-bond acceptors (Lipinski definition) is 6. The number of fused-ring (bicyclic) bond motifs is 1. The van der Waals surface area contributed by atoms with Crippen LogP contribution in [-0.2, 0) is 11.2 Å². The number of carbonyl (C=O) groups is 2. The average Bonchev–Trinajstić information content (AvgIpc) is 3.07. The number of thioether (sulfide) groups is 1. The second kappa shape index (κ2) is 7.32. The molecule has 0 aliphatic carbocycles. The Hall–Kier alpha value is -3.00. The molecular formula is C19H17N5O2S. The predicted molar refractivity (Wildman–Crippen MR) is 102 cm³/mol. The fourth-order valence-corrected chi connectivity index (χ4v) is 3.96. The van der Waals surface area contributed by atoms with E-state index in [1.807, 2.05) is 24.3 Å². The Morgan fingerprint density at radius 2 is 1.96 bits per heavy atom. The third kappa shape index (κ3) is 3.61. The van der Waals surface area contributed by atoms with Crippen molar-refractivity contribution < 1.29 is 9.59 Å². The van der Waals surface area contributed by atoms with Crippen molar-refractivity contribution in [1.29, 1.82) is 0 Å². The second-order valence-electron chi connectivity index (χ2n) is 6.27. The highest BCUT2D eigenvalue weighted by Gasteiger charge is 2.26. The fourth-order valence-electron chi connectivity index (χ4n) is 2.98. The normalized spacial score (nSPS) is 16.3. The van der Waals surface area contributed by atoms with Gasteiger partial charge < -0.3 is 5.32 Å². The van der Waals surface area contributed by atoms with E-state index in [2.05, 4.69) is 20.8 Å². The largest absolute Gasteiger partial charge is 0.325 e. The van der Waals surface area contributed by atoms with Crippen molar-refractivity contribution in [1.82, 2.24) is 20.2 Å². The molecule has 1 aliphatic rings. The van der Waals surface area contributed by atoms with Gasteiger partial charge in [-0.1, -0.05) is 30.0 Å². The number of hydrogen-bond donors (Lipinski definition) is 1. The van der Waals surface area contributed by atoms with E-state index in [0.717, 1.165) is 23.4 Å². The smallest absolute Gasteiger partial charge is 0.237 e. The molecule has 2 aromatic carbocycles. The molecule has 27 heavy (non-hydrogen) atoms. The number of nitrogens with one attached hydrogen (secondary N) is 1. The number of anilines is 1. The molecule has 0 saturated heterocycles. The standard InChI is InChI=1S/C19H17N5O2S/c1-12(25)13-6-9-15(10-7-13)24-19(21-22-23-24)27-17-11-8-14-4-2-3-5-16(14)20-18(17)26/h2-7,9-10,17H,8,11H2,1H3,(H,20,26). The minimum atomic E-state index is -0.293. The lowest BCUT2D eigenvalue weighted by Gasteiger charge is -2.12. The quantitative estimate of drug-likeness (QED) is 0.701. The van der Waals surface area contributed by atoms with Gasteiger partial charge in [0.25, 0.3) is 0 Å². The average molecular weight is 379 g/mol. The van der Waals surface area contributed by atoms with Crippen LogP contribution in [0.15, 0.2) is 53.7 Å². The van der Waals surface area contributed by atoms with Crippen molar-refractivity contribution in [3.8, 4) is 5.69 Å². The number of rotatable bonds is 4. The highest BCUT2D eigenvalue weighted by atomic mass is 32.2. The Bertz CT molecular complexity index is 999. The summed E-state index contributed by atoms with van der Waals surface area (Å²) in [5.41, 5.74) is 3.37. The highest BCUT2D eigenvalue weighted by Crippen LogP contribution is 2.31. The molecule has 0 spiro atoms. The third-order valence-electron chi connectivity index (χ3n) is 4.45. The van der Waals surface area contributed by atoms with Crippen LogP contribution in [0.25, 0.3) is 5.69 Å². The number of benzene rings is 2. The zero-order valence-corrected chi connectivity index (χ0v) is 15.4. The summed E-state index contributed by atoms with van der Waals surface area (Å²) in [7, 11) is 0. The van der Waals surface area contributed by atoms with E-state index in [9.17, 15) is 9.59 Å². The molecule has 1 aliphatic heterocycles. The van der Waals surface area contributed by atoms with E-state index in [1.54, 1.807) is 28.9 Å². The number of ketones is 1. The minimum Gasteiger partial charge on any atom is -0.325 e. The summed E-state index contributed by atoms with van der Waals surface area (Å²) < 4.78 is 1.58. The summed E-state index contributed by atoms with van der Waals surface area (Å²) in [5, 5.41) is 15.1. The Labute approximate surface area is 160 Å². The van der Waals surface area contributed by atoms with Gasteiger partial charge in [0.2, 0.25) is 11.1 Å². The Balaban J connectivity index is 1.55. The summed E-state index contributed by atoms with van der Waals surface area (Å²) in [6.07, 6.45) is 1.51. The monoisotopic (exact) mass is 379 g/mol. The second-order valence-corrected chi connectivity index (χ2v) is 7.44. The maximum atomic E-state index is 12.6. The number of aryl methyl sites for hydroxylation is 1. The van der Waals surface area contributed by atoms with Crippen LogP contribution in [0, 0.1) is 0 Å². The fraction of sp³-hybridized carbons (Fsp3) is 0.211. The lowest BCUT2D eigenvalue weighted by molar-refractivity contribution is -0.115. The van der Waals surface area contributed by atoms with Crippen LogP contribution in [0.4, 0.5) is 5.69 Å². The van der Waals surface area contributed by atoms with Crippen LogP contribution in [0.2, 0.25) is 0 Å². The van der Waals surface area contributed by atoms with Crippen LogP contribution >= 0.6 is 11.8 Å². The first-order valence-electron chi connectivity index (χ1n) is 8.57. The van der Waals surface area contributed by atoms with Gasteiger partial charge in [-0.05, 0) is 66.1 Å². The van der Waals surface area contributed by atoms with Gasteiger partial charge in [-0.15, -0.1) is 5.10 Å². The van der Waals surface area contributed by atoms with Crippen LogP contribution in [0.5, 0.6) is 0 Å². The zero-order chi connectivity index (χ0) is 18.8. The molecule has 8 heteroatoms. The molecule has 0 bridgehead atoms. The number of Topliss-reactive ketones (excluding diaryl/α,β-unsaturated/α-hetero) is 1. The number of para-hydroxylation sites is 1. The van der Waals surface area contributed by atoms with Crippen molar-refractivity contribution in [2.45, 2.75) is 30.2 Å². The predicted octanol–water partition coefficient (Wildman–Crippen LogP) is 2.91. The number of tetrazole rings is 1. The summed E-state index contributed by atoms with van der Waals surface area (Å²) in [6, 6.07) is 14.9. The molecule has 136 valence electrons. The molecule has 1 unspecified atom stereocenters. The summed E-state index contributed by atoms with van der Waals surface area (Å²) in [4.78, 5) is 24.1. The van der Waals surface area contributed by atoms with Gasteiger partial charge in [0.15, 0.2) is 5.78 Å². The van der Waals surface area contributed by atoms with Gasteiger partial charge >= 0.3 is 0 Å². The number of amides is 1. The van der Waals surface area contributed by atoms with Crippen molar-refractivity contribution in [3.05, 3.63) is 59.7 Å². The summed E-state index contributed by atoms with van der Waals surface area (Å²) >= 11 is 1.34. The Morgan fingerprint density at radius 3 is 2.74 bits per heavy atom. The third-order valence-corrected chi connectivity index (χ3v) is 5.65. The zero-order valence-electron chi connectivity index (χ0n) is 14.6.